The third-order valence-corrected chi connectivity index (χ3v) is 8.16. The standard InChI is InChI=1S/C36H28F6N4O/c1-22-13-15-45(16-14-22)35(47)43-27-8-3-6-24(18-27)12-11-23-5-2-7-25(17-23)34-28-9-4-10-30(36(40,41)42)33(28)44-46(34)21-29-31(38)19-26(37)20-32(29)39/h2-10,17-20,22H,13-16,21H2,1H3,(H,43,47). The van der Waals surface area contributed by atoms with Gasteiger partial charge in [-0.15, -0.1) is 0 Å². The number of anilines is 1. The summed E-state index contributed by atoms with van der Waals surface area (Å²) >= 11 is 0. The van der Waals surface area contributed by atoms with E-state index in [1.165, 1.54) is 12.1 Å². The van der Waals surface area contributed by atoms with Crippen LogP contribution < -0.4 is 5.32 Å². The Labute approximate surface area is 266 Å². The van der Waals surface area contributed by atoms with E-state index in [4.69, 9.17) is 0 Å². The lowest BCUT2D eigenvalue weighted by Crippen LogP contribution is -2.40. The van der Waals surface area contributed by atoms with Crippen LogP contribution in [0.4, 0.5) is 36.8 Å². The van der Waals surface area contributed by atoms with Gasteiger partial charge in [0.15, 0.2) is 0 Å². The van der Waals surface area contributed by atoms with Crippen molar-refractivity contribution < 1.29 is 31.1 Å². The minimum Gasteiger partial charge on any atom is -0.325 e. The second-order valence-corrected chi connectivity index (χ2v) is 11.6. The fourth-order valence-electron chi connectivity index (χ4n) is 5.65. The number of rotatable bonds is 4. The van der Waals surface area contributed by atoms with E-state index in [-0.39, 0.29) is 17.1 Å². The molecule has 4 aromatic carbocycles. The third kappa shape index (κ3) is 6.97. The molecule has 6 rings (SSSR count). The zero-order chi connectivity index (χ0) is 33.3. The number of benzene rings is 4. The van der Waals surface area contributed by atoms with Gasteiger partial charge >= 0.3 is 12.2 Å². The van der Waals surface area contributed by atoms with Crippen LogP contribution in [-0.2, 0) is 12.7 Å². The largest absolute Gasteiger partial charge is 0.418 e. The van der Waals surface area contributed by atoms with E-state index >= 15 is 0 Å². The molecule has 0 saturated carbocycles. The van der Waals surface area contributed by atoms with Crippen LogP contribution in [-0.4, -0.2) is 33.8 Å². The molecule has 2 amide bonds. The van der Waals surface area contributed by atoms with Crippen molar-refractivity contribution in [3.63, 3.8) is 0 Å². The van der Waals surface area contributed by atoms with E-state index in [9.17, 15) is 31.1 Å². The number of hydrogen-bond donors (Lipinski definition) is 1. The SMILES string of the molecule is CC1CCN(C(=O)Nc2cccc(C#Cc3cccc(-c4c5cccc(C(F)(F)F)c5nn4Cc4c(F)cc(F)cc4F)c3)c2)CC1. The molecule has 1 aromatic heterocycles. The zero-order valence-electron chi connectivity index (χ0n) is 25.1. The van der Waals surface area contributed by atoms with Crippen molar-refractivity contribution in [1.82, 2.24) is 14.7 Å². The highest BCUT2D eigenvalue weighted by Crippen LogP contribution is 2.38. The van der Waals surface area contributed by atoms with Gasteiger partial charge in [-0.2, -0.15) is 18.3 Å². The Hall–Kier alpha value is -5.24. The van der Waals surface area contributed by atoms with Gasteiger partial charge in [0.2, 0.25) is 0 Å². The average Bonchev–Trinajstić information content (AvgIpc) is 3.40. The molecule has 2 heterocycles. The first-order valence-electron chi connectivity index (χ1n) is 14.9. The van der Waals surface area contributed by atoms with Gasteiger partial charge in [-0.05, 0) is 55.2 Å². The monoisotopic (exact) mass is 646 g/mol. The predicted molar refractivity (Wildman–Crippen MR) is 167 cm³/mol. The van der Waals surface area contributed by atoms with Crippen molar-refractivity contribution in [3.8, 4) is 23.1 Å². The number of carbonyl (C=O) groups is 1. The van der Waals surface area contributed by atoms with Crippen LogP contribution >= 0.6 is 0 Å². The predicted octanol–water partition coefficient (Wildman–Crippen LogP) is 8.85. The highest BCUT2D eigenvalue weighted by atomic mass is 19.4. The molecule has 1 aliphatic heterocycles. The van der Waals surface area contributed by atoms with E-state index in [2.05, 4.69) is 29.2 Å². The van der Waals surface area contributed by atoms with Crippen LogP contribution in [0, 0.1) is 35.2 Å². The second kappa shape index (κ2) is 12.9. The number of nitrogens with zero attached hydrogens (tertiary/aromatic N) is 3. The first kappa shape index (κ1) is 31.7. The van der Waals surface area contributed by atoms with Crippen molar-refractivity contribution in [2.45, 2.75) is 32.5 Å². The Kier molecular flexibility index (Phi) is 8.69. The minimum atomic E-state index is -4.74. The van der Waals surface area contributed by atoms with E-state index in [0.717, 1.165) is 23.6 Å². The number of halogens is 6. The van der Waals surface area contributed by atoms with Crippen LogP contribution in [0.3, 0.4) is 0 Å². The van der Waals surface area contributed by atoms with Crippen molar-refractivity contribution in [3.05, 3.63) is 119 Å². The molecule has 0 radical (unpaired) electrons. The van der Waals surface area contributed by atoms with E-state index in [1.54, 1.807) is 53.4 Å². The maximum absolute atomic E-state index is 14.6. The van der Waals surface area contributed by atoms with Crippen LogP contribution in [0.5, 0.6) is 0 Å². The Morgan fingerprint density at radius 1 is 0.894 bits per heavy atom. The summed E-state index contributed by atoms with van der Waals surface area (Å²) < 4.78 is 85.8. The van der Waals surface area contributed by atoms with Crippen LogP contribution in [0.25, 0.3) is 22.2 Å². The highest BCUT2D eigenvalue weighted by Gasteiger charge is 2.35. The Morgan fingerprint density at radius 2 is 1.53 bits per heavy atom. The minimum absolute atomic E-state index is 0.111. The molecule has 0 atom stereocenters. The molecule has 0 unspecified atom stereocenters. The number of carbonyl (C=O) groups excluding carboxylic acids is 1. The fourth-order valence-corrected chi connectivity index (χ4v) is 5.65. The smallest absolute Gasteiger partial charge is 0.325 e. The molecular formula is C36H28F6N4O. The molecular weight excluding hydrogens is 618 g/mol. The normalized spacial score (nSPS) is 13.8. The molecule has 1 N–H and O–H groups in total. The average molecular weight is 647 g/mol. The summed E-state index contributed by atoms with van der Waals surface area (Å²) in [6, 6.07) is 18.1. The summed E-state index contributed by atoms with van der Waals surface area (Å²) in [7, 11) is 0. The Morgan fingerprint density at radius 3 is 2.21 bits per heavy atom. The number of hydrogen-bond acceptors (Lipinski definition) is 2. The Bertz CT molecular complexity index is 2010. The van der Waals surface area contributed by atoms with Gasteiger partial charge in [0.05, 0.1) is 17.8 Å². The number of likely N-dealkylation sites (tertiary alicyclic amines) is 1. The van der Waals surface area contributed by atoms with Gasteiger partial charge in [0.1, 0.15) is 23.0 Å². The van der Waals surface area contributed by atoms with Gasteiger partial charge in [-0.3, -0.25) is 4.68 Å². The topological polar surface area (TPSA) is 50.2 Å². The molecule has 0 spiro atoms. The number of piperidine rings is 1. The number of urea groups is 1. The van der Waals surface area contributed by atoms with Gasteiger partial charge in [-0.25, -0.2) is 18.0 Å². The van der Waals surface area contributed by atoms with Crippen LogP contribution in [0.15, 0.2) is 78.9 Å². The van der Waals surface area contributed by atoms with Crippen LogP contribution in [0.1, 0.15) is 42.0 Å². The summed E-state index contributed by atoms with van der Waals surface area (Å²) in [4.78, 5) is 14.5. The molecule has 1 aliphatic rings. The number of nitrogens with one attached hydrogen (secondary N) is 1. The van der Waals surface area contributed by atoms with Crippen LogP contribution in [0.2, 0.25) is 0 Å². The number of amides is 2. The van der Waals surface area contributed by atoms with E-state index < -0.39 is 46.8 Å². The summed E-state index contributed by atoms with van der Waals surface area (Å²) in [6.45, 7) is 2.97. The van der Waals surface area contributed by atoms with Gasteiger partial charge < -0.3 is 10.2 Å². The number of aromatic nitrogens is 2. The quantitative estimate of drug-likeness (QED) is 0.157. The van der Waals surface area contributed by atoms with Crippen molar-refractivity contribution in [1.29, 1.82) is 0 Å². The van der Waals surface area contributed by atoms with Crippen molar-refractivity contribution in [2.75, 3.05) is 18.4 Å². The molecule has 240 valence electrons. The molecule has 5 aromatic rings. The first-order valence-corrected chi connectivity index (χ1v) is 14.9. The number of fused-ring (bicyclic) bond motifs is 1. The first-order chi connectivity index (χ1) is 22.5. The fraction of sp³-hybridized carbons (Fsp3) is 0.222. The molecule has 1 saturated heterocycles. The maximum atomic E-state index is 14.6. The number of alkyl halides is 3. The Balaban J connectivity index is 1.34. The van der Waals surface area contributed by atoms with Gasteiger partial charge in [0, 0.05) is 58.5 Å². The molecule has 11 heteroatoms. The maximum Gasteiger partial charge on any atom is 0.418 e. The molecule has 0 aliphatic carbocycles. The lowest BCUT2D eigenvalue weighted by molar-refractivity contribution is -0.136. The van der Waals surface area contributed by atoms with Crippen molar-refractivity contribution >= 4 is 22.6 Å². The van der Waals surface area contributed by atoms with E-state index in [1.807, 2.05) is 0 Å². The summed E-state index contributed by atoms with van der Waals surface area (Å²) in [5.74, 6) is 3.19. The second-order valence-electron chi connectivity index (χ2n) is 11.6. The summed E-state index contributed by atoms with van der Waals surface area (Å²) in [6.07, 6.45) is -2.83. The van der Waals surface area contributed by atoms with Gasteiger partial charge in [-0.1, -0.05) is 49.1 Å². The van der Waals surface area contributed by atoms with Gasteiger partial charge in [0.25, 0.3) is 0 Å². The lowest BCUT2D eigenvalue weighted by atomic mass is 10.00. The third-order valence-electron chi connectivity index (χ3n) is 8.16. The summed E-state index contributed by atoms with van der Waals surface area (Å²) in [5.41, 5.74) is 0.338. The highest BCUT2D eigenvalue weighted by molar-refractivity contribution is 5.95. The molecule has 5 nitrogen and oxygen atoms in total. The molecule has 1 fully saturated rings. The van der Waals surface area contributed by atoms with E-state index in [0.29, 0.717) is 53.5 Å². The van der Waals surface area contributed by atoms with Crippen molar-refractivity contribution in [2.24, 2.45) is 5.92 Å². The molecule has 47 heavy (non-hydrogen) atoms. The summed E-state index contributed by atoms with van der Waals surface area (Å²) in [5, 5.41) is 7.17. The lowest BCUT2D eigenvalue weighted by Gasteiger charge is -2.30. The zero-order valence-corrected chi connectivity index (χ0v) is 25.1. The molecule has 0 bridgehead atoms.